The molecule has 94 valence electrons. The molecule has 1 heterocycles. The maximum absolute atomic E-state index is 11.5. The number of amides is 1. The first-order valence-electron chi connectivity index (χ1n) is 5.95. The molecule has 0 spiro atoms. The van der Waals surface area contributed by atoms with E-state index >= 15 is 0 Å². The number of nitrogens with one attached hydrogen (secondary N) is 2. The average Bonchev–Trinajstić information content (AvgIpc) is 2.25. The van der Waals surface area contributed by atoms with Crippen molar-refractivity contribution in [2.75, 3.05) is 26.2 Å². The highest BCUT2D eigenvalue weighted by Crippen LogP contribution is 2.01. The van der Waals surface area contributed by atoms with E-state index in [-0.39, 0.29) is 18.1 Å². The predicted octanol–water partition coefficient (Wildman–Crippen LogP) is -0.358. The molecule has 1 amide bonds. The molecule has 1 aliphatic heterocycles. The van der Waals surface area contributed by atoms with Gasteiger partial charge in [-0.15, -0.1) is 0 Å². The highest BCUT2D eigenvalue weighted by atomic mass is 16.5. The number of hydrogen-bond donors (Lipinski definition) is 3. The molecular formula is C11H22N2O3. The molecule has 1 saturated heterocycles. The van der Waals surface area contributed by atoms with Gasteiger partial charge in [0.1, 0.15) is 0 Å². The second-order valence-electron chi connectivity index (χ2n) is 4.24. The molecule has 0 aromatic heterocycles. The van der Waals surface area contributed by atoms with Gasteiger partial charge in [0.05, 0.1) is 25.2 Å². The molecule has 1 aliphatic rings. The van der Waals surface area contributed by atoms with E-state index in [9.17, 15) is 4.79 Å². The number of hydrogen-bond acceptors (Lipinski definition) is 4. The van der Waals surface area contributed by atoms with Gasteiger partial charge < -0.3 is 20.5 Å². The van der Waals surface area contributed by atoms with E-state index in [1.807, 2.05) is 0 Å². The Morgan fingerprint density at radius 3 is 3.12 bits per heavy atom. The fraction of sp³-hybridized carbons (Fsp3) is 0.909. The topological polar surface area (TPSA) is 70.6 Å². The maximum Gasteiger partial charge on any atom is 0.222 e. The van der Waals surface area contributed by atoms with Crippen molar-refractivity contribution in [3.63, 3.8) is 0 Å². The first-order valence-corrected chi connectivity index (χ1v) is 5.95. The van der Waals surface area contributed by atoms with Crippen LogP contribution in [-0.4, -0.2) is 49.5 Å². The highest BCUT2D eigenvalue weighted by Gasteiger charge is 2.16. The van der Waals surface area contributed by atoms with Crippen molar-refractivity contribution in [2.45, 2.75) is 38.4 Å². The summed E-state index contributed by atoms with van der Waals surface area (Å²) < 4.78 is 5.43. The van der Waals surface area contributed by atoms with Crippen molar-refractivity contribution >= 4 is 5.91 Å². The third-order valence-electron chi connectivity index (χ3n) is 2.54. The van der Waals surface area contributed by atoms with Gasteiger partial charge in [-0.3, -0.25) is 4.79 Å². The lowest BCUT2D eigenvalue weighted by Crippen LogP contribution is -2.41. The number of carbonyl (C=O) groups excluding carboxylic acids is 1. The van der Waals surface area contributed by atoms with E-state index in [2.05, 4.69) is 10.6 Å². The standard InChI is InChI=1S/C11H22N2O3/c1-9(14)3-2-4-13-11(15)7-10-8-12-5-6-16-10/h9-10,12,14H,2-8H2,1H3,(H,13,15). The van der Waals surface area contributed by atoms with Crippen LogP contribution in [0, 0.1) is 0 Å². The summed E-state index contributed by atoms with van der Waals surface area (Å²) in [4.78, 5) is 11.5. The summed E-state index contributed by atoms with van der Waals surface area (Å²) in [5, 5.41) is 15.0. The summed E-state index contributed by atoms with van der Waals surface area (Å²) in [6.07, 6.45) is 1.67. The minimum Gasteiger partial charge on any atom is -0.393 e. The number of ether oxygens (including phenoxy) is 1. The summed E-state index contributed by atoms with van der Waals surface area (Å²) in [5.74, 6) is 0.0271. The zero-order valence-corrected chi connectivity index (χ0v) is 9.87. The molecule has 0 saturated carbocycles. The molecule has 5 nitrogen and oxygen atoms in total. The molecule has 2 unspecified atom stereocenters. The van der Waals surface area contributed by atoms with Crippen molar-refractivity contribution in [3.8, 4) is 0 Å². The first kappa shape index (κ1) is 13.4. The Hall–Kier alpha value is -0.650. The van der Waals surface area contributed by atoms with Gasteiger partial charge in [-0.25, -0.2) is 0 Å². The predicted molar refractivity (Wildman–Crippen MR) is 61.2 cm³/mol. The summed E-state index contributed by atoms with van der Waals surface area (Å²) in [7, 11) is 0. The van der Waals surface area contributed by atoms with Gasteiger partial charge in [-0.1, -0.05) is 0 Å². The van der Waals surface area contributed by atoms with Crippen LogP contribution in [0.15, 0.2) is 0 Å². The smallest absolute Gasteiger partial charge is 0.222 e. The van der Waals surface area contributed by atoms with Crippen LogP contribution in [-0.2, 0) is 9.53 Å². The van der Waals surface area contributed by atoms with Gasteiger partial charge in [-0.05, 0) is 19.8 Å². The summed E-state index contributed by atoms with van der Waals surface area (Å²) in [6, 6.07) is 0. The van der Waals surface area contributed by atoms with Gasteiger partial charge >= 0.3 is 0 Å². The second-order valence-corrected chi connectivity index (χ2v) is 4.24. The number of morpholine rings is 1. The van der Waals surface area contributed by atoms with E-state index in [1.54, 1.807) is 6.92 Å². The Kier molecular flexibility index (Phi) is 6.37. The van der Waals surface area contributed by atoms with Crippen molar-refractivity contribution in [1.29, 1.82) is 0 Å². The van der Waals surface area contributed by atoms with Crippen molar-refractivity contribution in [1.82, 2.24) is 10.6 Å². The van der Waals surface area contributed by atoms with E-state index in [4.69, 9.17) is 9.84 Å². The van der Waals surface area contributed by atoms with Crippen LogP contribution in [0.2, 0.25) is 0 Å². The zero-order chi connectivity index (χ0) is 11.8. The Labute approximate surface area is 96.6 Å². The lowest BCUT2D eigenvalue weighted by Gasteiger charge is -2.23. The zero-order valence-electron chi connectivity index (χ0n) is 9.87. The molecule has 1 rings (SSSR count). The number of rotatable bonds is 6. The molecule has 0 radical (unpaired) electrons. The number of aliphatic hydroxyl groups excluding tert-OH is 1. The minimum absolute atomic E-state index is 0.00511. The van der Waals surface area contributed by atoms with Crippen LogP contribution >= 0.6 is 0 Å². The molecule has 16 heavy (non-hydrogen) atoms. The summed E-state index contributed by atoms with van der Waals surface area (Å²) >= 11 is 0. The summed E-state index contributed by atoms with van der Waals surface area (Å²) in [5.41, 5.74) is 0. The molecule has 3 N–H and O–H groups in total. The molecule has 0 bridgehead atoms. The van der Waals surface area contributed by atoms with Gasteiger partial charge in [0.25, 0.3) is 0 Å². The van der Waals surface area contributed by atoms with Crippen LogP contribution < -0.4 is 10.6 Å². The second kappa shape index (κ2) is 7.60. The Morgan fingerprint density at radius 2 is 2.50 bits per heavy atom. The van der Waals surface area contributed by atoms with E-state index in [0.29, 0.717) is 19.6 Å². The van der Waals surface area contributed by atoms with Gasteiger partial charge in [-0.2, -0.15) is 0 Å². The summed E-state index contributed by atoms with van der Waals surface area (Å²) in [6.45, 7) is 4.68. The highest BCUT2D eigenvalue weighted by molar-refractivity contribution is 5.76. The van der Waals surface area contributed by atoms with E-state index in [0.717, 1.165) is 25.9 Å². The lowest BCUT2D eigenvalue weighted by atomic mass is 10.2. The van der Waals surface area contributed by atoms with Crippen molar-refractivity contribution in [2.24, 2.45) is 0 Å². The fourth-order valence-electron chi connectivity index (χ4n) is 1.66. The van der Waals surface area contributed by atoms with Crippen LogP contribution in [0.4, 0.5) is 0 Å². The third kappa shape index (κ3) is 6.05. The molecule has 1 fully saturated rings. The Morgan fingerprint density at radius 1 is 1.69 bits per heavy atom. The number of aliphatic hydroxyl groups is 1. The SMILES string of the molecule is CC(O)CCCNC(=O)CC1CNCCO1. The Balaban J connectivity index is 2.01. The molecule has 5 heteroatoms. The van der Waals surface area contributed by atoms with E-state index in [1.165, 1.54) is 0 Å². The van der Waals surface area contributed by atoms with Gasteiger partial charge in [0, 0.05) is 19.6 Å². The largest absolute Gasteiger partial charge is 0.393 e. The fourth-order valence-corrected chi connectivity index (χ4v) is 1.66. The first-order chi connectivity index (χ1) is 7.68. The van der Waals surface area contributed by atoms with Gasteiger partial charge in [0.15, 0.2) is 0 Å². The number of carbonyl (C=O) groups is 1. The maximum atomic E-state index is 11.5. The minimum atomic E-state index is -0.289. The monoisotopic (exact) mass is 230 g/mol. The van der Waals surface area contributed by atoms with Crippen LogP contribution in [0.3, 0.4) is 0 Å². The van der Waals surface area contributed by atoms with Gasteiger partial charge in [0.2, 0.25) is 5.91 Å². The molecular weight excluding hydrogens is 208 g/mol. The van der Waals surface area contributed by atoms with Crippen LogP contribution in [0.1, 0.15) is 26.2 Å². The molecule has 0 aliphatic carbocycles. The Bertz CT molecular complexity index is 203. The van der Waals surface area contributed by atoms with Crippen LogP contribution in [0.5, 0.6) is 0 Å². The average molecular weight is 230 g/mol. The third-order valence-corrected chi connectivity index (χ3v) is 2.54. The molecule has 0 aromatic carbocycles. The van der Waals surface area contributed by atoms with E-state index < -0.39 is 0 Å². The van der Waals surface area contributed by atoms with Crippen molar-refractivity contribution < 1.29 is 14.6 Å². The van der Waals surface area contributed by atoms with Crippen molar-refractivity contribution in [3.05, 3.63) is 0 Å². The lowest BCUT2D eigenvalue weighted by molar-refractivity contribution is -0.124. The quantitative estimate of drug-likeness (QED) is 0.545. The normalized spacial score (nSPS) is 22.8. The van der Waals surface area contributed by atoms with Crippen LogP contribution in [0.25, 0.3) is 0 Å². The molecule has 0 aromatic rings. The molecule has 2 atom stereocenters.